The summed E-state index contributed by atoms with van der Waals surface area (Å²) in [6, 6.07) is 0. The summed E-state index contributed by atoms with van der Waals surface area (Å²) < 4.78 is 0. The fourth-order valence-corrected chi connectivity index (χ4v) is 2.75. The quantitative estimate of drug-likeness (QED) is 0.457. The molecular weight excluding hydrogens is 224 g/mol. The predicted octanol–water partition coefficient (Wildman–Crippen LogP) is 1.80. The minimum absolute atomic E-state index is 0.207. The maximum Gasteiger partial charge on any atom is 0.185 e. The van der Waals surface area contributed by atoms with E-state index in [9.17, 15) is 0 Å². The van der Waals surface area contributed by atoms with Gasteiger partial charge in [0.15, 0.2) is 5.96 Å². The third kappa shape index (κ3) is 5.71. The molecule has 4 N–H and O–H groups in total. The van der Waals surface area contributed by atoms with Crippen molar-refractivity contribution < 1.29 is 0 Å². The topological polar surface area (TPSA) is 67.6 Å². The minimum Gasteiger partial charge on any atom is -0.370 e. The number of likely N-dealkylation sites (tertiary alicyclic amines) is 1. The second-order valence-electron chi connectivity index (χ2n) is 6.50. The second-order valence-corrected chi connectivity index (χ2v) is 6.50. The molecule has 1 saturated heterocycles. The van der Waals surface area contributed by atoms with Crippen molar-refractivity contribution in [3.05, 3.63) is 0 Å². The Balaban J connectivity index is 2.27. The fourth-order valence-electron chi connectivity index (χ4n) is 2.75. The molecule has 18 heavy (non-hydrogen) atoms. The van der Waals surface area contributed by atoms with Gasteiger partial charge in [0, 0.05) is 6.54 Å². The molecule has 1 aliphatic rings. The molecule has 1 rings (SSSR count). The zero-order valence-corrected chi connectivity index (χ0v) is 12.3. The maximum absolute atomic E-state index is 5.32. The van der Waals surface area contributed by atoms with Gasteiger partial charge in [0.25, 0.3) is 0 Å². The van der Waals surface area contributed by atoms with Crippen molar-refractivity contribution in [2.75, 3.05) is 26.2 Å². The van der Waals surface area contributed by atoms with Crippen molar-refractivity contribution >= 4 is 5.96 Å². The lowest BCUT2D eigenvalue weighted by Gasteiger charge is -2.29. The number of rotatable bonds is 4. The Labute approximate surface area is 112 Å². The van der Waals surface area contributed by atoms with Crippen LogP contribution < -0.4 is 11.5 Å². The van der Waals surface area contributed by atoms with E-state index in [1.165, 1.54) is 32.4 Å². The summed E-state index contributed by atoms with van der Waals surface area (Å²) in [6.07, 6.45) is 5.07. The van der Waals surface area contributed by atoms with Gasteiger partial charge in [-0.1, -0.05) is 20.8 Å². The number of guanidine groups is 1. The molecule has 4 nitrogen and oxygen atoms in total. The Hall–Kier alpha value is -0.770. The second kappa shape index (κ2) is 6.98. The molecule has 0 amide bonds. The van der Waals surface area contributed by atoms with Crippen molar-refractivity contribution in [1.29, 1.82) is 0 Å². The van der Waals surface area contributed by atoms with Crippen LogP contribution in [0.5, 0.6) is 0 Å². The van der Waals surface area contributed by atoms with Gasteiger partial charge in [0.1, 0.15) is 0 Å². The third-order valence-electron chi connectivity index (χ3n) is 3.97. The van der Waals surface area contributed by atoms with Gasteiger partial charge in [-0.05, 0) is 56.7 Å². The first-order valence-corrected chi connectivity index (χ1v) is 7.17. The SMILES string of the molecule is CC(C)(C)C1CCCN(CCCN=C(N)N)CC1. The Bertz CT molecular complexity index is 263. The van der Waals surface area contributed by atoms with E-state index in [0.29, 0.717) is 5.41 Å². The van der Waals surface area contributed by atoms with Crippen LogP contribution in [0.4, 0.5) is 0 Å². The lowest BCUT2D eigenvalue weighted by Crippen LogP contribution is -2.28. The average Bonchev–Trinajstić information content (AvgIpc) is 2.48. The molecule has 0 bridgehead atoms. The van der Waals surface area contributed by atoms with E-state index >= 15 is 0 Å². The average molecular weight is 254 g/mol. The number of nitrogens with zero attached hydrogens (tertiary/aromatic N) is 2. The molecule has 106 valence electrons. The van der Waals surface area contributed by atoms with Gasteiger partial charge < -0.3 is 16.4 Å². The molecule has 0 saturated carbocycles. The van der Waals surface area contributed by atoms with E-state index in [1.807, 2.05) is 0 Å². The molecule has 0 spiro atoms. The Morgan fingerprint density at radius 1 is 1.22 bits per heavy atom. The number of hydrogen-bond acceptors (Lipinski definition) is 2. The van der Waals surface area contributed by atoms with E-state index in [-0.39, 0.29) is 5.96 Å². The first-order valence-electron chi connectivity index (χ1n) is 7.17. The van der Waals surface area contributed by atoms with E-state index in [2.05, 4.69) is 30.7 Å². The van der Waals surface area contributed by atoms with Gasteiger partial charge in [-0.3, -0.25) is 4.99 Å². The Morgan fingerprint density at radius 3 is 2.56 bits per heavy atom. The van der Waals surface area contributed by atoms with Gasteiger partial charge >= 0.3 is 0 Å². The smallest absolute Gasteiger partial charge is 0.185 e. The minimum atomic E-state index is 0.207. The molecule has 1 heterocycles. The van der Waals surface area contributed by atoms with E-state index < -0.39 is 0 Å². The van der Waals surface area contributed by atoms with Crippen molar-refractivity contribution in [2.24, 2.45) is 27.8 Å². The van der Waals surface area contributed by atoms with Crippen LogP contribution in [-0.4, -0.2) is 37.0 Å². The zero-order valence-electron chi connectivity index (χ0n) is 12.3. The van der Waals surface area contributed by atoms with Crippen LogP contribution in [0, 0.1) is 11.3 Å². The van der Waals surface area contributed by atoms with E-state index in [0.717, 1.165) is 25.4 Å². The highest BCUT2D eigenvalue weighted by Gasteiger charge is 2.26. The van der Waals surface area contributed by atoms with Crippen LogP contribution in [0.15, 0.2) is 4.99 Å². The summed E-state index contributed by atoms with van der Waals surface area (Å²) in [6.45, 7) is 11.4. The highest BCUT2D eigenvalue weighted by atomic mass is 15.1. The largest absolute Gasteiger partial charge is 0.370 e. The summed E-state index contributed by atoms with van der Waals surface area (Å²) in [5.41, 5.74) is 11.1. The van der Waals surface area contributed by atoms with Gasteiger partial charge in [-0.2, -0.15) is 0 Å². The monoisotopic (exact) mass is 254 g/mol. The summed E-state index contributed by atoms with van der Waals surface area (Å²) in [5.74, 6) is 1.07. The summed E-state index contributed by atoms with van der Waals surface area (Å²) in [7, 11) is 0. The van der Waals surface area contributed by atoms with Crippen LogP contribution in [0.1, 0.15) is 46.5 Å². The first kappa shape index (κ1) is 15.3. The first-order chi connectivity index (χ1) is 8.39. The van der Waals surface area contributed by atoms with Crippen LogP contribution in [0.25, 0.3) is 0 Å². The van der Waals surface area contributed by atoms with E-state index in [1.54, 1.807) is 0 Å². The normalized spacial score (nSPS) is 22.5. The Kier molecular flexibility index (Phi) is 5.93. The van der Waals surface area contributed by atoms with Gasteiger partial charge in [-0.25, -0.2) is 0 Å². The van der Waals surface area contributed by atoms with Gasteiger partial charge in [0.05, 0.1) is 0 Å². The molecule has 0 aromatic carbocycles. The molecule has 0 aromatic rings. The predicted molar refractivity (Wildman–Crippen MR) is 78.5 cm³/mol. The molecular formula is C14H30N4. The molecule has 0 radical (unpaired) electrons. The number of hydrogen-bond donors (Lipinski definition) is 2. The van der Waals surface area contributed by atoms with Crippen LogP contribution in [0.2, 0.25) is 0 Å². The van der Waals surface area contributed by atoms with Crippen molar-refractivity contribution in [3.8, 4) is 0 Å². The van der Waals surface area contributed by atoms with Crippen LogP contribution in [0.3, 0.4) is 0 Å². The third-order valence-corrected chi connectivity index (χ3v) is 3.97. The molecule has 1 unspecified atom stereocenters. The van der Waals surface area contributed by atoms with E-state index in [4.69, 9.17) is 11.5 Å². The van der Waals surface area contributed by atoms with Crippen molar-refractivity contribution in [1.82, 2.24) is 4.90 Å². The molecule has 1 aliphatic heterocycles. The van der Waals surface area contributed by atoms with Crippen LogP contribution in [-0.2, 0) is 0 Å². The van der Waals surface area contributed by atoms with Crippen molar-refractivity contribution in [3.63, 3.8) is 0 Å². The highest BCUT2D eigenvalue weighted by Crippen LogP contribution is 2.34. The zero-order chi connectivity index (χ0) is 13.6. The number of nitrogens with two attached hydrogens (primary N) is 2. The fraction of sp³-hybridized carbons (Fsp3) is 0.929. The standard InChI is InChI=1S/C14H30N4/c1-14(2,3)12-6-4-9-18(11-7-12)10-5-8-17-13(15)16/h12H,4-11H2,1-3H3,(H4,15,16,17). The molecule has 0 aromatic heterocycles. The Morgan fingerprint density at radius 2 is 1.94 bits per heavy atom. The lowest BCUT2D eigenvalue weighted by molar-refractivity contribution is 0.208. The number of aliphatic imine (C=N–C) groups is 1. The molecule has 1 atom stereocenters. The summed E-state index contributed by atoms with van der Waals surface area (Å²) in [4.78, 5) is 6.60. The van der Waals surface area contributed by atoms with Crippen molar-refractivity contribution in [2.45, 2.75) is 46.5 Å². The van der Waals surface area contributed by atoms with Gasteiger partial charge in [-0.15, -0.1) is 0 Å². The molecule has 4 heteroatoms. The molecule has 0 aliphatic carbocycles. The highest BCUT2D eigenvalue weighted by molar-refractivity contribution is 5.75. The summed E-state index contributed by atoms with van der Waals surface area (Å²) >= 11 is 0. The maximum atomic E-state index is 5.32. The molecule has 1 fully saturated rings. The van der Waals surface area contributed by atoms with Crippen LogP contribution >= 0.6 is 0 Å². The van der Waals surface area contributed by atoms with Gasteiger partial charge in [0.2, 0.25) is 0 Å². The lowest BCUT2D eigenvalue weighted by atomic mass is 9.77. The summed E-state index contributed by atoms with van der Waals surface area (Å²) in [5, 5.41) is 0.